The molecule has 2 aromatic carbocycles. The van der Waals surface area contributed by atoms with Crippen molar-refractivity contribution in [2.75, 3.05) is 5.43 Å². The Hall–Kier alpha value is -2.86. The first-order chi connectivity index (χ1) is 13.8. The number of anilines is 1. The van der Waals surface area contributed by atoms with Gasteiger partial charge in [0.15, 0.2) is 0 Å². The molecule has 0 fully saturated rings. The zero-order valence-corrected chi connectivity index (χ0v) is 17.0. The lowest BCUT2D eigenvalue weighted by atomic mass is 9.73. The molecule has 1 heterocycles. The topological polar surface area (TPSA) is 76.8 Å². The molecule has 2 atom stereocenters. The van der Waals surface area contributed by atoms with Crippen LogP contribution in [0.4, 0.5) is 5.69 Å². The summed E-state index contributed by atoms with van der Waals surface area (Å²) in [5, 5.41) is 17.1. The standard InChI is InChI=1S/C22H22ClN3O3/c1-22(2)12-17(25-24-16-6-4-3-5-7-16)20-18(13-22)29-21(26(27)28)19(20)14-8-10-15(23)11-9-14/h3-11,19,21,24H,12-13H2,1-2H3/b25-17+/t19-,21+/m0/s1. The van der Waals surface area contributed by atoms with Gasteiger partial charge in [0.25, 0.3) is 0 Å². The molecule has 1 N–H and O–H groups in total. The maximum Gasteiger partial charge on any atom is 0.364 e. The summed E-state index contributed by atoms with van der Waals surface area (Å²) in [6, 6.07) is 16.8. The maximum absolute atomic E-state index is 11.8. The van der Waals surface area contributed by atoms with Gasteiger partial charge in [-0.2, -0.15) is 5.10 Å². The SMILES string of the molecule is CC1(C)CC2=C(/C(=N/Nc3ccccc3)C1)[C@H](c1ccc(Cl)cc1)[C@H]([N+](=O)[O-])O2. The average Bonchev–Trinajstić information content (AvgIpc) is 3.06. The number of para-hydroxylation sites is 1. The molecule has 2 aromatic rings. The van der Waals surface area contributed by atoms with Crippen LogP contribution in [0.1, 0.15) is 38.2 Å². The fourth-order valence-corrected chi connectivity index (χ4v) is 4.15. The normalized spacial score (nSPS) is 24.2. The molecule has 29 heavy (non-hydrogen) atoms. The van der Waals surface area contributed by atoms with E-state index in [1.165, 1.54) is 0 Å². The minimum absolute atomic E-state index is 0.105. The van der Waals surface area contributed by atoms with Crippen LogP contribution in [0.25, 0.3) is 0 Å². The van der Waals surface area contributed by atoms with Crippen LogP contribution in [0, 0.1) is 15.5 Å². The summed E-state index contributed by atoms with van der Waals surface area (Å²) in [6.07, 6.45) is 0.169. The first kappa shape index (κ1) is 19.5. The monoisotopic (exact) mass is 411 g/mol. The Morgan fingerprint density at radius 1 is 1.14 bits per heavy atom. The number of ether oxygens (including phenoxy) is 1. The highest BCUT2D eigenvalue weighted by Gasteiger charge is 2.50. The minimum atomic E-state index is -1.17. The molecule has 0 unspecified atom stereocenters. The molecule has 7 heteroatoms. The molecule has 6 nitrogen and oxygen atoms in total. The third-order valence-electron chi connectivity index (χ3n) is 5.29. The highest BCUT2D eigenvalue weighted by Crippen LogP contribution is 2.49. The number of benzene rings is 2. The fourth-order valence-electron chi connectivity index (χ4n) is 4.03. The highest BCUT2D eigenvalue weighted by molar-refractivity contribution is 6.30. The van der Waals surface area contributed by atoms with Crippen molar-refractivity contribution in [2.24, 2.45) is 10.5 Å². The van der Waals surface area contributed by atoms with Crippen molar-refractivity contribution in [3.63, 3.8) is 0 Å². The number of allylic oxidation sites excluding steroid dienone is 1. The number of halogens is 1. The number of hydrogen-bond acceptors (Lipinski definition) is 5. The van der Waals surface area contributed by atoms with Gasteiger partial charge in [0.1, 0.15) is 11.7 Å². The second-order valence-corrected chi connectivity index (χ2v) is 8.65. The Morgan fingerprint density at radius 3 is 2.48 bits per heavy atom. The van der Waals surface area contributed by atoms with E-state index in [0.29, 0.717) is 23.6 Å². The van der Waals surface area contributed by atoms with Crippen LogP contribution in [0.5, 0.6) is 0 Å². The number of rotatable bonds is 4. The molecule has 4 rings (SSSR count). The smallest absolute Gasteiger partial charge is 0.364 e. The van der Waals surface area contributed by atoms with E-state index in [2.05, 4.69) is 24.4 Å². The van der Waals surface area contributed by atoms with E-state index < -0.39 is 12.1 Å². The van der Waals surface area contributed by atoms with Crippen molar-refractivity contribution < 1.29 is 9.66 Å². The van der Waals surface area contributed by atoms with E-state index in [9.17, 15) is 10.1 Å². The summed E-state index contributed by atoms with van der Waals surface area (Å²) < 4.78 is 5.88. The third-order valence-corrected chi connectivity index (χ3v) is 5.54. The molecule has 0 aromatic heterocycles. The molecular formula is C22H22ClN3O3. The van der Waals surface area contributed by atoms with E-state index in [0.717, 1.165) is 22.5 Å². The van der Waals surface area contributed by atoms with Crippen LogP contribution in [-0.2, 0) is 4.74 Å². The summed E-state index contributed by atoms with van der Waals surface area (Å²) in [5.41, 5.74) is 6.26. The molecule has 0 spiro atoms. The van der Waals surface area contributed by atoms with Gasteiger partial charge in [0.2, 0.25) is 0 Å². The second-order valence-electron chi connectivity index (χ2n) is 8.21. The van der Waals surface area contributed by atoms with E-state index in [1.54, 1.807) is 12.1 Å². The first-order valence-electron chi connectivity index (χ1n) is 9.51. The van der Waals surface area contributed by atoms with Crippen molar-refractivity contribution in [3.8, 4) is 0 Å². The molecule has 0 saturated heterocycles. The molecule has 0 amide bonds. The van der Waals surface area contributed by atoms with Gasteiger partial charge in [-0.15, -0.1) is 0 Å². The van der Waals surface area contributed by atoms with Gasteiger partial charge in [0, 0.05) is 17.0 Å². The van der Waals surface area contributed by atoms with Crippen LogP contribution < -0.4 is 5.43 Å². The van der Waals surface area contributed by atoms with Gasteiger partial charge in [-0.3, -0.25) is 15.5 Å². The zero-order valence-electron chi connectivity index (χ0n) is 16.3. The van der Waals surface area contributed by atoms with Crippen molar-refractivity contribution in [2.45, 2.75) is 38.8 Å². The summed E-state index contributed by atoms with van der Waals surface area (Å²) in [5.74, 6) is 0.140. The molecular weight excluding hydrogens is 390 g/mol. The summed E-state index contributed by atoms with van der Waals surface area (Å²) >= 11 is 6.03. The largest absolute Gasteiger partial charge is 0.433 e. The lowest BCUT2D eigenvalue weighted by Gasteiger charge is -2.31. The minimum Gasteiger partial charge on any atom is -0.433 e. The first-order valence-corrected chi connectivity index (χ1v) is 9.88. The van der Waals surface area contributed by atoms with Gasteiger partial charge in [-0.05, 0) is 41.7 Å². The number of nitrogens with zero attached hydrogens (tertiary/aromatic N) is 2. The average molecular weight is 412 g/mol. The molecule has 0 bridgehead atoms. The van der Waals surface area contributed by atoms with Crippen LogP contribution in [0.3, 0.4) is 0 Å². The van der Waals surface area contributed by atoms with Gasteiger partial charge in [0.05, 0.1) is 16.3 Å². The summed E-state index contributed by atoms with van der Waals surface area (Å²) in [6.45, 7) is 4.24. The Kier molecular flexibility index (Phi) is 5.04. The van der Waals surface area contributed by atoms with Crippen LogP contribution in [0.15, 0.2) is 71.0 Å². The Morgan fingerprint density at radius 2 is 1.83 bits per heavy atom. The predicted molar refractivity (Wildman–Crippen MR) is 114 cm³/mol. The number of hydrogen-bond donors (Lipinski definition) is 1. The number of nitrogens with one attached hydrogen (secondary N) is 1. The lowest BCUT2D eigenvalue weighted by Crippen LogP contribution is -2.29. The molecule has 1 aliphatic carbocycles. The third kappa shape index (κ3) is 3.98. The molecule has 2 aliphatic rings. The van der Waals surface area contributed by atoms with Gasteiger partial charge >= 0.3 is 6.23 Å². The van der Waals surface area contributed by atoms with Crippen molar-refractivity contribution in [1.29, 1.82) is 0 Å². The quantitative estimate of drug-likeness (QED) is 0.524. The highest BCUT2D eigenvalue weighted by atomic mass is 35.5. The summed E-state index contributed by atoms with van der Waals surface area (Å²) in [4.78, 5) is 11.5. The van der Waals surface area contributed by atoms with Crippen molar-refractivity contribution in [1.82, 2.24) is 0 Å². The molecule has 0 radical (unpaired) electrons. The van der Waals surface area contributed by atoms with E-state index >= 15 is 0 Å². The predicted octanol–water partition coefficient (Wildman–Crippen LogP) is 5.60. The zero-order chi connectivity index (χ0) is 20.6. The Labute approximate surface area is 174 Å². The molecule has 1 aliphatic heterocycles. The lowest BCUT2D eigenvalue weighted by molar-refractivity contribution is -0.570. The summed E-state index contributed by atoms with van der Waals surface area (Å²) in [7, 11) is 0. The van der Waals surface area contributed by atoms with Gasteiger partial charge in [-0.1, -0.05) is 55.8 Å². The van der Waals surface area contributed by atoms with Gasteiger partial charge < -0.3 is 4.74 Å². The van der Waals surface area contributed by atoms with Crippen LogP contribution in [0.2, 0.25) is 5.02 Å². The molecule has 150 valence electrons. The second kappa shape index (κ2) is 7.52. The van der Waals surface area contributed by atoms with E-state index in [-0.39, 0.29) is 10.3 Å². The van der Waals surface area contributed by atoms with E-state index in [1.807, 2.05) is 42.5 Å². The van der Waals surface area contributed by atoms with E-state index in [4.69, 9.17) is 16.3 Å². The Bertz CT molecular complexity index is 984. The maximum atomic E-state index is 11.8. The van der Waals surface area contributed by atoms with Gasteiger partial charge in [-0.25, -0.2) is 0 Å². The molecule has 0 saturated carbocycles. The number of nitro groups is 1. The van der Waals surface area contributed by atoms with Crippen LogP contribution >= 0.6 is 11.6 Å². The Balaban J connectivity index is 1.78. The van der Waals surface area contributed by atoms with Crippen molar-refractivity contribution in [3.05, 3.63) is 86.6 Å². The van der Waals surface area contributed by atoms with Crippen LogP contribution in [-0.4, -0.2) is 16.9 Å². The number of hydrazone groups is 1. The fraction of sp³-hybridized carbons (Fsp3) is 0.318. The van der Waals surface area contributed by atoms with Crippen molar-refractivity contribution >= 4 is 23.0 Å².